The number of halogens is 2. The fourth-order valence-electron chi connectivity index (χ4n) is 3.95. The van der Waals surface area contributed by atoms with Crippen molar-refractivity contribution in [1.29, 1.82) is 0 Å². The number of carbonyl (C=O) groups is 1. The Hall–Kier alpha value is -1.82. The normalized spacial score (nSPS) is 22.4. The van der Waals surface area contributed by atoms with Crippen molar-refractivity contribution in [2.45, 2.75) is 61.9 Å². The fourth-order valence-corrected chi connectivity index (χ4v) is 4.39. The third-order valence-corrected chi connectivity index (χ3v) is 6.78. The molecule has 1 aliphatic carbocycles. The molecule has 1 unspecified atom stereocenters. The minimum absolute atomic E-state index is 0.0930. The highest BCUT2D eigenvalue weighted by atomic mass is 32.2. The van der Waals surface area contributed by atoms with Gasteiger partial charge >= 0.3 is 5.97 Å². The van der Waals surface area contributed by atoms with Crippen molar-refractivity contribution < 1.29 is 32.2 Å². The van der Waals surface area contributed by atoms with Crippen molar-refractivity contribution in [2.75, 3.05) is 40.5 Å². The summed E-state index contributed by atoms with van der Waals surface area (Å²) in [5.41, 5.74) is 0.191. The van der Waals surface area contributed by atoms with Gasteiger partial charge in [0.05, 0.1) is 24.7 Å². The number of hydrogen-bond donors (Lipinski definition) is 0. The summed E-state index contributed by atoms with van der Waals surface area (Å²) < 4.78 is 40.5. The fraction of sp³-hybridized carbons (Fsp3) is 0.696. The molecule has 3 aliphatic rings. The van der Waals surface area contributed by atoms with Crippen molar-refractivity contribution in [3.63, 3.8) is 0 Å². The van der Waals surface area contributed by atoms with Gasteiger partial charge in [-0.1, -0.05) is 0 Å². The standard InChI is InChI=1S/C13H21F2NO.C7H7NO3S.C3H6O2/c14-13(15)9-11(13)10-16-6-4-12(5-7-16)3-1-2-8-17-12;1-11-12-7-4-2-6(3-5-7)8(9)10;1-3(4)5-2/h11H,1-10H2;2-5H,1H3;1-2H3. The predicted octanol–water partition coefficient (Wildman–Crippen LogP) is 5.10. The Bertz CT molecular complexity index is 780. The molecule has 11 heteroatoms. The molecule has 0 bridgehead atoms. The van der Waals surface area contributed by atoms with E-state index in [-0.39, 0.29) is 29.6 Å². The molecule has 1 atom stereocenters. The number of esters is 1. The maximum Gasteiger partial charge on any atom is 0.302 e. The number of hydrogen-bond acceptors (Lipinski definition) is 8. The van der Waals surface area contributed by atoms with E-state index in [0.29, 0.717) is 6.54 Å². The van der Waals surface area contributed by atoms with E-state index in [1.54, 1.807) is 19.2 Å². The zero-order chi connectivity index (χ0) is 25.2. The first-order valence-electron chi connectivity index (χ1n) is 11.3. The molecule has 192 valence electrons. The summed E-state index contributed by atoms with van der Waals surface area (Å²) in [6, 6.07) is 6.18. The number of nitro benzene ring substituents is 1. The minimum atomic E-state index is -2.36. The third-order valence-electron chi connectivity index (χ3n) is 6.15. The van der Waals surface area contributed by atoms with Crippen LogP contribution < -0.4 is 0 Å². The lowest BCUT2D eigenvalue weighted by molar-refractivity contribution is -0.384. The zero-order valence-electron chi connectivity index (χ0n) is 20.0. The summed E-state index contributed by atoms with van der Waals surface area (Å²) in [5, 5.41) is 10.2. The Kier molecular flexibility index (Phi) is 11.1. The highest BCUT2D eigenvalue weighted by Crippen LogP contribution is 2.49. The quantitative estimate of drug-likeness (QED) is 0.237. The van der Waals surface area contributed by atoms with Crippen LogP contribution in [0.25, 0.3) is 0 Å². The molecule has 2 aliphatic heterocycles. The molecule has 0 amide bonds. The Morgan fingerprint density at radius 3 is 2.21 bits per heavy atom. The smallest absolute Gasteiger partial charge is 0.302 e. The molecule has 34 heavy (non-hydrogen) atoms. The van der Waals surface area contributed by atoms with E-state index in [4.69, 9.17) is 8.92 Å². The first kappa shape index (κ1) is 28.4. The number of rotatable bonds is 5. The highest BCUT2D eigenvalue weighted by molar-refractivity contribution is 7.94. The Balaban J connectivity index is 0.000000210. The van der Waals surface area contributed by atoms with Gasteiger partial charge < -0.3 is 18.6 Å². The Morgan fingerprint density at radius 1 is 1.21 bits per heavy atom. The molecule has 1 aromatic carbocycles. The molecular weight excluding hydrogens is 470 g/mol. The van der Waals surface area contributed by atoms with Crippen molar-refractivity contribution in [3.05, 3.63) is 34.4 Å². The topological polar surface area (TPSA) is 91.1 Å². The zero-order valence-corrected chi connectivity index (χ0v) is 20.8. The number of alkyl halides is 2. The monoisotopic (exact) mass is 504 g/mol. The molecule has 1 saturated carbocycles. The maximum atomic E-state index is 12.8. The molecule has 8 nitrogen and oxygen atoms in total. The van der Waals surface area contributed by atoms with Crippen molar-refractivity contribution in [3.8, 4) is 0 Å². The molecular formula is C23H34F2N2O6S. The predicted molar refractivity (Wildman–Crippen MR) is 125 cm³/mol. The van der Waals surface area contributed by atoms with Gasteiger partial charge in [0, 0.05) is 74.6 Å². The van der Waals surface area contributed by atoms with Gasteiger partial charge in [-0.15, -0.1) is 0 Å². The van der Waals surface area contributed by atoms with Crippen LogP contribution in [0.1, 0.15) is 45.4 Å². The van der Waals surface area contributed by atoms with Gasteiger partial charge in [0.2, 0.25) is 0 Å². The van der Waals surface area contributed by atoms with Crippen LogP contribution in [0.5, 0.6) is 0 Å². The molecule has 1 aromatic rings. The minimum Gasteiger partial charge on any atom is -0.469 e. The number of nitrogens with zero attached hydrogens (tertiary/aromatic N) is 2. The van der Waals surface area contributed by atoms with E-state index < -0.39 is 10.8 Å². The van der Waals surface area contributed by atoms with Crippen molar-refractivity contribution in [1.82, 2.24) is 4.90 Å². The van der Waals surface area contributed by atoms with E-state index in [2.05, 4.69) is 9.64 Å². The van der Waals surface area contributed by atoms with Gasteiger partial charge in [0.15, 0.2) is 0 Å². The van der Waals surface area contributed by atoms with Gasteiger partial charge in [0.25, 0.3) is 11.6 Å². The highest BCUT2D eigenvalue weighted by Gasteiger charge is 2.57. The number of ether oxygens (including phenoxy) is 2. The average Bonchev–Trinajstić information content (AvgIpc) is 3.43. The number of piperidine rings is 1. The van der Waals surface area contributed by atoms with Crippen LogP contribution in [0.15, 0.2) is 29.2 Å². The summed E-state index contributed by atoms with van der Waals surface area (Å²) in [4.78, 5) is 22.5. The SMILES string of the molecule is COC(C)=O.COSc1ccc([N+](=O)[O-])cc1.FC1(F)CC1CN1CCC2(CCCCO2)CC1. The first-order valence-corrected chi connectivity index (χ1v) is 12.1. The number of likely N-dealkylation sites (tertiary alicyclic amines) is 1. The third kappa shape index (κ3) is 9.44. The lowest BCUT2D eigenvalue weighted by atomic mass is 9.84. The van der Waals surface area contributed by atoms with Crippen LogP contribution in [0.2, 0.25) is 0 Å². The Labute approximate surface area is 203 Å². The number of nitro groups is 1. The number of benzene rings is 1. The molecule has 0 radical (unpaired) electrons. The van der Waals surface area contributed by atoms with Crippen molar-refractivity contribution >= 4 is 23.7 Å². The lowest BCUT2D eigenvalue weighted by Gasteiger charge is -2.44. The molecule has 2 heterocycles. The second-order valence-corrected chi connectivity index (χ2v) is 9.62. The number of methoxy groups -OCH3 is 1. The van der Waals surface area contributed by atoms with E-state index in [9.17, 15) is 23.7 Å². The molecule has 3 fully saturated rings. The molecule has 1 spiro atoms. The summed E-state index contributed by atoms with van der Waals surface area (Å²) >= 11 is 1.17. The van der Waals surface area contributed by atoms with Gasteiger partial charge in [-0.3, -0.25) is 14.9 Å². The van der Waals surface area contributed by atoms with Crippen LogP contribution in [0, 0.1) is 16.0 Å². The van der Waals surface area contributed by atoms with Crippen LogP contribution >= 0.6 is 12.0 Å². The van der Waals surface area contributed by atoms with E-state index >= 15 is 0 Å². The van der Waals surface area contributed by atoms with Crippen LogP contribution in [0.3, 0.4) is 0 Å². The summed E-state index contributed by atoms with van der Waals surface area (Å²) in [7, 11) is 2.90. The molecule has 4 rings (SSSR count). The maximum absolute atomic E-state index is 12.8. The number of carbonyl (C=O) groups excluding carboxylic acids is 1. The van der Waals surface area contributed by atoms with Gasteiger partial charge in [-0.2, -0.15) is 0 Å². The van der Waals surface area contributed by atoms with Crippen molar-refractivity contribution in [2.24, 2.45) is 5.92 Å². The average molecular weight is 505 g/mol. The van der Waals surface area contributed by atoms with E-state index in [1.807, 2.05) is 0 Å². The largest absolute Gasteiger partial charge is 0.469 e. The summed E-state index contributed by atoms with van der Waals surface area (Å²) in [6.45, 7) is 4.71. The van der Waals surface area contributed by atoms with Crippen LogP contribution in [0.4, 0.5) is 14.5 Å². The molecule has 0 N–H and O–H groups in total. The Morgan fingerprint density at radius 2 is 1.79 bits per heavy atom. The van der Waals surface area contributed by atoms with Gasteiger partial charge in [-0.05, 0) is 44.2 Å². The molecule has 2 saturated heterocycles. The van der Waals surface area contributed by atoms with E-state index in [0.717, 1.165) is 37.4 Å². The number of non-ortho nitro benzene ring substituents is 1. The first-order chi connectivity index (χ1) is 16.1. The van der Waals surface area contributed by atoms with E-state index in [1.165, 1.54) is 57.5 Å². The second kappa shape index (κ2) is 13.3. The molecule has 0 aromatic heterocycles. The summed E-state index contributed by atoms with van der Waals surface area (Å²) in [5.74, 6) is -2.98. The van der Waals surface area contributed by atoms with Crippen LogP contribution in [-0.2, 0) is 18.5 Å². The summed E-state index contributed by atoms with van der Waals surface area (Å²) in [6.07, 6.45) is 5.78. The van der Waals surface area contributed by atoms with Gasteiger partial charge in [0.1, 0.15) is 0 Å². The second-order valence-electron chi connectivity index (χ2n) is 8.65. The van der Waals surface area contributed by atoms with Crippen LogP contribution in [-0.4, -0.2) is 67.8 Å². The lowest BCUT2D eigenvalue weighted by Crippen LogP contribution is -2.48. The van der Waals surface area contributed by atoms with Gasteiger partial charge in [-0.25, -0.2) is 8.78 Å².